The van der Waals surface area contributed by atoms with Gasteiger partial charge in [0.1, 0.15) is 23.3 Å². The van der Waals surface area contributed by atoms with E-state index in [4.69, 9.17) is 11.6 Å². The van der Waals surface area contributed by atoms with Crippen LogP contribution in [0.25, 0.3) is 16.6 Å². The highest BCUT2D eigenvalue weighted by Crippen LogP contribution is 2.25. The molecule has 0 aliphatic heterocycles. The molecule has 0 aliphatic rings. The van der Waals surface area contributed by atoms with Crippen molar-refractivity contribution < 1.29 is 22.4 Å². The molecule has 1 aromatic heterocycles. The number of fused-ring (bicyclic) bond motifs is 1. The Hall–Kier alpha value is -3.37. The van der Waals surface area contributed by atoms with Crippen LogP contribution in [0.2, 0.25) is 5.02 Å². The quantitative estimate of drug-likeness (QED) is 0.232. The summed E-state index contributed by atoms with van der Waals surface area (Å²) in [5.74, 6) is -4.53. The van der Waals surface area contributed by atoms with E-state index in [-0.39, 0.29) is 38.2 Å². The lowest BCUT2D eigenvalue weighted by Crippen LogP contribution is -2.24. The molecule has 4 rings (SSSR count). The van der Waals surface area contributed by atoms with Crippen LogP contribution in [0, 0.1) is 23.3 Å². The molecule has 5 nitrogen and oxygen atoms in total. The van der Waals surface area contributed by atoms with Gasteiger partial charge in [-0.25, -0.2) is 22.5 Å². The van der Waals surface area contributed by atoms with Gasteiger partial charge in [-0.15, -0.1) is 0 Å². The van der Waals surface area contributed by atoms with E-state index in [2.05, 4.69) is 10.3 Å². The molecule has 1 N–H and O–H groups in total. The highest BCUT2D eigenvalue weighted by atomic mass is 35.5. The normalized spacial score (nSPS) is 11.1. The molecule has 0 saturated heterocycles. The second-order valence-electron chi connectivity index (χ2n) is 6.75. The van der Waals surface area contributed by atoms with Gasteiger partial charge in [0.05, 0.1) is 28.0 Å². The van der Waals surface area contributed by atoms with Gasteiger partial charge in [0, 0.05) is 17.2 Å². The number of rotatable bonds is 5. The van der Waals surface area contributed by atoms with Gasteiger partial charge >= 0.3 is 0 Å². The van der Waals surface area contributed by atoms with Crippen molar-refractivity contribution in [2.45, 2.75) is 5.16 Å². The number of benzene rings is 3. The van der Waals surface area contributed by atoms with Crippen molar-refractivity contribution in [3.05, 3.63) is 93.2 Å². The minimum Gasteiger partial charge on any atom is -0.323 e. The van der Waals surface area contributed by atoms with Crippen LogP contribution < -0.4 is 10.9 Å². The Morgan fingerprint density at radius 1 is 0.970 bits per heavy atom. The van der Waals surface area contributed by atoms with Gasteiger partial charge in [-0.3, -0.25) is 14.2 Å². The van der Waals surface area contributed by atoms with E-state index in [1.165, 1.54) is 18.2 Å². The summed E-state index contributed by atoms with van der Waals surface area (Å²) in [7, 11) is 0. The number of aromatic nitrogens is 2. The molecule has 1 heterocycles. The molecule has 168 valence electrons. The average molecular weight is 494 g/mol. The van der Waals surface area contributed by atoms with Crippen molar-refractivity contribution >= 4 is 45.9 Å². The predicted octanol–water partition coefficient (Wildman–Crippen LogP) is 5.33. The van der Waals surface area contributed by atoms with Crippen LogP contribution in [-0.2, 0) is 4.79 Å². The van der Waals surface area contributed by atoms with Gasteiger partial charge in [-0.1, -0.05) is 23.4 Å². The van der Waals surface area contributed by atoms with Gasteiger partial charge in [0.15, 0.2) is 5.16 Å². The molecule has 0 unspecified atom stereocenters. The Labute approximate surface area is 193 Å². The monoisotopic (exact) mass is 493 g/mol. The molecule has 0 aliphatic carbocycles. The first-order valence-electron chi connectivity index (χ1n) is 9.28. The molecular weight excluding hydrogens is 482 g/mol. The maximum Gasteiger partial charge on any atom is 0.266 e. The summed E-state index contributed by atoms with van der Waals surface area (Å²) in [4.78, 5) is 29.8. The summed E-state index contributed by atoms with van der Waals surface area (Å²) in [6, 6.07) is 9.58. The Kier molecular flexibility index (Phi) is 6.39. The third-order valence-corrected chi connectivity index (χ3v) is 5.66. The molecule has 33 heavy (non-hydrogen) atoms. The van der Waals surface area contributed by atoms with Crippen LogP contribution in [0.15, 0.2) is 64.5 Å². The molecule has 0 fully saturated rings. The van der Waals surface area contributed by atoms with E-state index < -0.39 is 34.7 Å². The number of nitrogens with one attached hydrogen (secondary N) is 1. The molecule has 0 spiro atoms. The molecule has 0 atom stereocenters. The number of thioether (sulfide) groups is 1. The largest absolute Gasteiger partial charge is 0.323 e. The van der Waals surface area contributed by atoms with Crippen LogP contribution in [0.5, 0.6) is 0 Å². The van der Waals surface area contributed by atoms with Gasteiger partial charge in [-0.2, -0.15) is 0 Å². The Morgan fingerprint density at radius 2 is 1.70 bits per heavy atom. The lowest BCUT2D eigenvalue weighted by molar-refractivity contribution is -0.113. The molecular formula is C22H12ClF4N3O2S. The van der Waals surface area contributed by atoms with Gasteiger partial charge in [0.25, 0.3) is 5.56 Å². The number of carbonyl (C=O) groups is 1. The minimum absolute atomic E-state index is 0.0739. The van der Waals surface area contributed by atoms with E-state index in [1.807, 2.05) is 0 Å². The molecule has 0 radical (unpaired) electrons. The smallest absolute Gasteiger partial charge is 0.266 e. The lowest BCUT2D eigenvalue weighted by atomic mass is 10.2. The third kappa shape index (κ3) is 4.86. The van der Waals surface area contributed by atoms with Crippen LogP contribution in [0.4, 0.5) is 23.2 Å². The van der Waals surface area contributed by atoms with Crippen molar-refractivity contribution in [3.63, 3.8) is 0 Å². The number of anilines is 1. The van der Waals surface area contributed by atoms with Crippen molar-refractivity contribution in [3.8, 4) is 5.69 Å². The van der Waals surface area contributed by atoms with Crippen molar-refractivity contribution in [1.29, 1.82) is 0 Å². The Bertz CT molecular complexity index is 1460. The number of amides is 1. The molecule has 1 amide bonds. The van der Waals surface area contributed by atoms with E-state index in [0.29, 0.717) is 6.07 Å². The highest BCUT2D eigenvalue weighted by Gasteiger charge is 2.18. The minimum atomic E-state index is -1.02. The molecule has 11 heteroatoms. The number of hydrogen-bond acceptors (Lipinski definition) is 4. The molecule has 4 aromatic rings. The predicted molar refractivity (Wildman–Crippen MR) is 118 cm³/mol. The number of hydrogen-bond donors (Lipinski definition) is 1. The third-order valence-electron chi connectivity index (χ3n) is 4.48. The lowest BCUT2D eigenvalue weighted by Gasteiger charge is -2.14. The maximum atomic E-state index is 14.5. The first-order valence-corrected chi connectivity index (χ1v) is 10.6. The second-order valence-corrected chi connectivity index (χ2v) is 8.13. The summed E-state index contributed by atoms with van der Waals surface area (Å²) in [5.41, 5.74) is -1.09. The van der Waals surface area contributed by atoms with Crippen LogP contribution in [0.3, 0.4) is 0 Å². The van der Waals surface area contributed by atoms with Crippen LogP contribution >= 0.6 is 23.4 Å². The Balaban J connectivity index is 1.73. The first-order chi connectivity index (χ1) is 15.7. The van der Waals surface area contributed by atoms with E-state index in [1.54, 1.807) is 0 Å². The van der Waals surface area contributed by atoms with E-state index in [9.17, 15) is 27.2 Å². The zero-order valence-electron chi connectivity index (χ0n) is 16.4. The van der Waals surface area contributed by atoms with Crippen LogP contribution in [0.1, 0.15) is 0 Å². The van der Waals surface area contributed by atoms with Gasteiger partial charge in [-0.05, 0) is 42.5 Å². The molecule has 0 bridgehead atoms. The van der Waals surface area contributed by atoms with E-state index >= 15 is 0 Å². The van der Waals surface area contributed by atoms with Gasteiger partial charge < -0.3 is 5.32 Å². The fourth-order valence-corrected chi connectivity index (χ4v) is 4.00. The van der Waals surface area contributed by atoms with Crippen molar-refractivity contribution in [2.75, 3.05) is 11.1 Å². The highest BCUT2D eigenvalue weighted by molar-refractivity contribution is 7.99. The Morgan fingerprint density at radius 3 is 2.45 bits per heavy atom. The summed E-state index contributed by atoms with van der Waals surface area (Å²) in [5, 5.41) is 2.49. The summed E-state index contributed by atoms with van der Waals surface area (Å²) in [6.07, 6.45) is 0. The summed E-state index contributed by atoms with van der Waals surface area (Å²) < 4.78 is 56.0. The van der Waals surface area contributed by atoms with Crippen LogP contribution in [-0.4, -0.2) is 21.2 Å². The average Bonchev–Trinajstić information content (AvgIpc) is 2.76. The standard InChI is InChI=1S/C22H12ClF4N3O2S/c23-11-1-5-17-14(7-11)21(32)30(19-6-3-12(24)8-16(19)27)22(29-17)33-10-20(31)28-18-9-13(25)2-4-15(18)26/h1-9H,10H2,(H,28,31). The number of nitrogens with zero attached hydrogens (tertiary/aromatic N) is 2. The SMILES string of the molecule is O=C(CSc1nc2ccc(Cl)cc2c(=O)n1-c1ccc(F)cc1F)Nc1cc(F)ccc1F. The fraction of sp³-hybridized carbons (Fsp3) is 0.0455. The zero-order chi connectivity index (χ0) is 23.7. The fourth-order valence-electron chi connectivity index (χ4n) is 3.02. The summed E-state index contributed by atoms with van der Waals surface area (Å²) >= 11 is 6.73. The van der Waals surface area contributed by atoms with E-state index in [0.717, 1.165) is 46.7 Å². The summed E-state index contributed by atoms with van der Waals surface area (Å²) in [6.45, 7) is 0. The van der Waals surface area contributed by atoms with Crippen molar-refractivity contribution in [2.24, 2.45) is 0 Å². The topological polar surface area (TPSA) is 64.0 Å². The molecule has 3 aromatic carbocycles. The number of carbonyl (C=O) groups excluding carboxylic acids is 1. The maximum absolute atomic E-state index is 14.5. The second kappa shape index (κ2) is 9.24. The van der Waals surface area contributed by atoms with Crippen molar-refractivity contribution in [1.82, 2.24) is 9.55 Å². The zero-order valence-corrected chi connectivity index (χ0v) is 18.0. The molecule has 0 saturated carbocycles. The van der Waals surface area contributed by atoms with Gasteiger partial charge in [0.2, 0.25) is 5.91 Å². The number of halogens is 5. The first kappa shape index (κ1) is 22.8.